The van der Waals surface area contributed by atoms with Gasteiger partial charge in [0.05, 0.1) is 24.7 Å². The second-order valence-corrected chi connectivity index (χ2v) is 6.02. The molecule has 2 amide bonds. The van der Waals surface area contributed by atoms with Crippen molar-refractivity contribution in [1.82, 2.24) is 5.32 Å². The van der Waals surface area contributed by atoms with E-state index in [2.05, 4.69) is 10.6 Å². The second-order valence-electron chi connectivity index (χ2n) is 6.02. The van der Waals surface area contributed by atoms with Crippen LogP contribution in [0.5, 0.6) is 0 Å². The molecule has 0 aromatic heterocycles. The summed E-state index contributed by atoms with van der Waals surface area (Å²) >= 11 is 0. The molecule has 24 heavy (non-hydrogen) atoms. The molecule has 0 aliphatic heterocycles. The van der Waals surface area contributed by atoms with Crippen LogP contribution in [0.15, 0.2) is 24.3 Å². The number of esters is 1. The number of ether oxygens (including phenoxy) is 1. The SMILES string of the molecule is COC(=O)[C@H]1CCCCCC[C@H]1NC(=O)Nc1ccc(C#N)cc1. The third-order valence-electron chi connectivity index (χ3n) is 4.36. The van der Waals surface area contributed by atoms with E-state index >= 15 is 0 Å². The molecular formula is C18H23N3O3. The van der Waals surface area contributed by atoms with E-state index in [1.165, 1.54) is 7.11 Å². The van der Waals surface area contributed by atoms with Crippen LogP contribution in [0, 0.1) is 17.2 Å². The number of carbonyl (C=O) groups is 2. The Morgan fingerprint density at radius 1 is 1.12 bits per heavy atom. The quantitative estimate of drug-likeness (QED) is 0.833. The monoisotopic (exact) mass is 329 g/mol. The standard InChI is InChI=1S/C18H23N3O3/c1-24-17(22)15-6-4-2-3-5-7-16(15)21-18(23)20-14-10-8-13(12-19)9-11-14/h8-11,15-16H,2-7H2,1H3,(H2,20,21,23)/t15-,16+/m0/s1. The third-order valence-corrected chi connectivity index (χ3v) is 4.36. The Morgan fingerprint density at radius 3 is 2.42 bits per heavy atom. The summed E-state index contributed by atoms with van der Waals surface area (Å²) in [6.45, 7) is 0. The summed E-state index contributed by atoms with van der Waals surface area (Å²) in [6, 6.07) is 8.09. The minimum Gasteiger partial charge on any atom is -0.469 e. The van der Waals surface area contributed by atoms with Crippen LogP contribution in [0.25, 0.3) is 0 Å². The number of hydrogen-bond donors (Lipinski definition) is 2. The molecule has 128 valence electrons. The van der Waals surface area contributed by atoms with Crippen molar-refractivity contribution in [2.75, 3.05) is 12.4 Å². The van der Waals surface area contributed by atoms with Crippen molar-refractivity contribution in [2.45, 2.75) is 44.6 Å². The first-order valence-corrected chi connectivity index (χ1v) is 8.29. The van der Waals surface area contributed by atoms with Crippen LogP contribution < -0.4 is 10.6 Å². The van der Waals surface area contributed by atoms with E-state index in [1.54, 1.807) is 24.3 Å². The lowest BCUT2D eigenvalue weighted by Gasteiger charge is -2.28. The second kappa shape index (κ2) is 8.92. The summed E-state index contributed by atoms with van der Waals surface area (Å²) in [6.07, 6.45) is 5.67. The van der Waals surface area contributed by atoms with E-state index in [0.717, 1.165) is 38.5 Å². The molecule has 1 aromatic rings. The highest BCUT2D eigenvalue weighted by atomic mass is 16.5. The maximum absolute atomic E-state index is 12.3. The molecule has 0 heterocycles. The van der Waals surface area contributed by atoms with Crippen molar-refractivity contribution in [2.24, 2.45) is 5.92 Å². The number of nitriles is 1. The summed E-state index contributed by atoms with van der Waals surface area (Å²) in [5, 5.41) is 14.4. The molecule has 0 saturated heterocycles. The van der Waals surface area contributed by atoms with Crippen LogP contribution in [-0.2, 0) is 9.53 Å². The Hall–Kier alpha value is -2.55. The van der Waals surface area contributed by atoms with Crippen molar-refractivity contribution >= 4 is 17.7 Å². The molecular weight excluding hydrogens is 306 g/mol. The largest absolute Gasteiger partial charge is 0.469 e. The Bertz CT molecular complexity index is 607. The Kier molecular flexibility index (Phi) is 6.62. The minimum absolute atomic E-state index is 0.226. The normalized spacial score (nSPS) is 20.8. The Balaban J connectivity index is 1.99. The van der Waals surface area contributed by atoms with Gasteiger partial charge in [-0.25, -0.2) is 4.79 Å². The van der Waals surface area contributed by atoms with Gasteiger partial charge in [0.2, 0.25) is 0 Å². The molecule has 6 nitrogen and oxygen atoms in total. The smallest absolute Gasteiger partial charge is 0.319 e. The highest BCUT2D eigenvalue weighted by molar-refractivity contribution is 5.90. The van der Waals surface area contributed by atoms with E-state index < -0.39 is 0 Å². The van der Waals surface area contributed by atoms with E-state index in [9.17, 15) is 9.59 Å². The predicted molar refractivity (Wildman–Crippen MR) is 90.3 cm³/mol. The molecule has 0 unspecified atom stereocenters. The zero-order valence-electron chi connectivity index (χ0n) is 13.9. The number of benzene rings is 1. The van der Waals surface area contributed by atoms with Crippen molar-refractivity contribution in [1.29, 1.82) is 5.26 Å². The zero-order chi connectivity index (χ0) is 17.4. The number of carbonyl (C=O) groups excluding carboxylic acids is 2. The molecule has 0 spiro atoms. The zero-order valence-corrected chi connectivity index (χ0v) is 13.9. The van der Waals surface area contributed by atoms with Crippen LogP contribution in [-0.4, -0.2) is 25.2 Å². The van der Waals surface area contributed by atoms with Crippen LogP contribution >= 0.6 is 0 Å². The number of methoxy groups -OCH3 is 1. The fraction of sp³-hybridized carbons (Fsp3) is 0.500. The molecule has 6 heteroatoms. The number of amides is 2. The van der Waals surface area contributed by atoms with Gasteiger partial charge >= 0.3 is 12.0 Å². The summed E-state index contributed by atoms with van der Waals surface area (Å²) in [5.41, 5.74) is 1.14. The van der Waals surface area contributed by atoms with Gasteiger partial charge in [0.15, 0.2) is 0 Å². The molecule has 1 saturated carbocycles. The molecule has 1 fully saturated rings. The van der Waals surface area contributed by atoms with E-state index in [-0.39, 0.29) is 24.0 Å². The van der Waals surface area contributed by atoms with Crippen molar-refractivity contribution in [3.8, 4) is 6.07 Å². The molecule has 1 aliphatic carbocycles. The van der Waals surface area contributed by atoms with Gasteiger partial charge in [-0.15, -0.1) is 0 Å². The third kappa shape index (κ3) is 4.98. The number of nitrogens with zero attached hydrogens (tertiary/aromatic N) is 1. The first-order valence-electron chi connectivity index (χ1n) is 8.29. The van der Waals surface area contributed by atoms with Crippen LogP contribution in [0.2, 0.25) is 0 Å². The summed E-state index contributed by atoms with van der Waals surface area (Å²) < 4.78 is 4.90. The molecule has 1 aliphatic rings. The Morgan fingerprint density at radius 2 is 1.79 bits per heavy atom. The highest BCUT2D eigenvalue weighted by Gasteiger charge is 2.30. The maximum Gasteiger partial charge on any atom is 0.319 e. The molecule has 0 radical (unpaired) electrons. The molecule has 2 N–H and O–H groups in total. The van der Waals surface area contributed by atoms with Gasteiger partial charge in [-0.05, 0) is 37.1 Å². The van der Waals surface area contributed by atoms with Crippen LogP contribution in [0.1, 0.15) is 44.1 Å². The van der Waals surface area contributed by atoms with Gasteiger partial charge in [0.1, 0.15) is 0 Å². The molecule has 2 atom stereocenters. The summed E-state index contributed by atoms with van der Waals surface area (Å²) in [5.74, 6) is -0.567. The molecule has 1 aromatic carbocycles. The Labute approximate surface area is 142 Å². The van der Waals surface area contributed by atoms with E-state index in [0.29, 0.717) is 11.3 Å². The number of nitrogens with one attached hydrogen (secondary N) is 2. The van der Waals surface area contributed by atoms with Gasteiger partial charge in [0.25, 0.3) is 0 Å². The average Bonchev–Trinajstić information content (AvgIpc) is 2.57. The maximum atomic E-state index is 12.3. The first kappa shape index (κ1) is 17.8. The predicted octanol–water partition coefficient (Wildman–Crippen LogP) is 3.19. The highest BCUT2D eigenvalue weighted by Crippen LogP contribution is 2.24. The van der Waals surface area contributed by atoms with E-state index in [4.69, 9.17) is 10.00 Å². The lowest BCUT2D eigenvalue weighted by atomic mass is 9.87. The first-order chi connectivity index (χ1) is 11.6. The van der Waals surface area contributed by atoms with Crippen molar-refractivity contribution in [3.05, 3.63) is 29.8 Å². The fourth-order valence-corrected chi connectivity index (χ4v) is 3.05. The molecule has 0 bridgehead atoms. The van der Waals surface area contributed by atoms with Gasteiger partial charge in [-0.1, -0.05) is 25.7 Å². The lowest BCUT2D eigenvalue weighted by molar-refractivity contribution is -0.146. The molecule has 2 rings (SSSR count). The summed E-state index contributed by atoms with van der Waals surface area (Å²) in [7, 11) is 1.38. The number of urea groups is 1. The summed E-state index contributed by atoms with van der Waals surface area (Å²) in [4.78, 5) is 24.3. The van der Waals surface area contributed by atoms with Crippen molar-refractivity contribution < 1.29 is 14.3 Å². The van der Waals surface area contributed by atoms with Crippen LogP contribution in [0.4, 0.5) is 10.5 Å². The fourth-order valence-electron chi connectivity index (χ4n) is 3.05. The number of rotatable bonds is 3. The average molecular weight is 329 g/mol. The van der Waals surface area contributed by atoms with Crippen LogP contribution in [0.3, 0.4) is 0 Å². The minimum atomic E-state index is -0.348. The topological polar surface area (TPSA) is 91.2 Å². The van der Waals surface area contributed by atoms with E-state index in [1.807, 2.05) is 6.07 Å². The van der Waals surface area contributed by atoms with Gasteiger partial charge in [-0.2, -0.15) is 5.26 Å². The number of hydrogen-bond acceptors (Lipinski definition) is 4. The lowest BCUT2D eigenvalue weighted by Crippen LogP contribution is -2.45. The van der Waals surface area contributed by atoms with Gasteiger partial charge < -0.3 is 15.4 Å². The van der Waals surface area contributed by atoms with Gasteiger partial charge in [-0.3, -0.25) is 4.79 Å². The number of anilines is 1. The van der Waals surface area contributed by atoms with Gasteiger partial charge in [0, 0.05) is 11.7 Å². The van der Waals surface area contributed by atoms with Crippen molar-refractivity contribution in [3.63, 3.8) is 0 Å².